The molecule has 1 aliphatic heterocycles. The Hall–Kier alpha value is -1.02. The first-order chi connectivity index (χ1) is 19.0. The van der Waals surface area contributed by atoms with Gasteiger partial charge >= 0.3 is 0 Å². The second-order valence-electron chi connectivity index (χ2n) is 13.1. The van der Waals surface area contributed by atoms with Gasteiger partial charge in [0.25, 0.3) is 0 Å². The topological polar surface area (TPSA) is 12.5 Å². The smallest absolute Gasteiger partial charge is 0.0903 e. The molecule has 0 radical (unpaired) electrons. The van der Waals surface area contributed by atoms with E-state index in [2.05, 4.69) is 63.8 Å². The average Bonchev–Trinajstić information content (AvgIpc) is 2.92. The average molecular weight is 544 g/mol. The lowest BCUT2D eigenvalue weighted by Gasteiger charge is -2.26. The van der Waals surface area contributed by atoms with Crippen molar-refractivity contribution >= 4 is 0 Å². The normalized spacial score (nSPS) is 16.3. The van der Waals surface area contributed by atoms with Gasteiger partial charge < -0.3 is 9.64 Å². The van der Waals surface area contributed by atoms with E-state index in [9.17, 15) is 0 Å². The number of piperidine rings is 1. The molecule has 1 rings (SSSR count). The zero-order chi connectivity index (χ0) is 28.4. The highest BCUT2D eigenvalue weighted by Crippen LogP contribution is 2.21. The van der Waals surface area contributed by atoms with E-state index < -0.39 is 0 Å². The third-order valence-corrected chi connectivity index (χ3v) is 8.59. The van der Waals surface area contributed by atoms with Crippen LogP contribution in [0.25, 0.3) is 0 Å². The molecule has 1 fully saturated rings. The number of ether oxygens (including phenoxy) is 1. The molecule has 2 nitrogen and oxygen atoms in total. The monoisotopic (exact) mass is 544 g/mol. The maximum absolute atomic E-state index is 5.89. The molecular weight excluding hydrogens is 474 g/mol. The van der Waals surface area contributed by atoms with Crippen LogP contribution in [0.1, 0.15) is 157 Å². The molecule has 1 aliphatic rings. The van der Waals surface area contributed by atoms with Crippen molar-refractivity contribution in [1.82, 2.24) is 4.90 Å². The molecule has 2 heteroatoms. The van der Waals surface area contributed by atoms with E-state index in [1.165, 1.54) is 142 Å². The van der Waals surface area contributed by atoms with Crippen LogP contribution in [0.3, 0.4) is 0 Å². The fraction of sp³-hybridized carbons (Fsp3) is 0.838. The molecule has 0 N–H and O–H groups in total. The van der Waals surface area contributed by atoms with Gasteiger partial charge in [0.1, 0.15) is 0 Å². The van der Waals surface area contributed by atoms with Crippen molar-refractivity contribution < 1.29 is 4.74 Å². The number of unbranched alkanes of at least 4 members (excludes halogenated alkanes) is 9. The highest BCUT2D eigenvalue weighted by atomic mass is 16.5. The molecule has 1 unspecified atom stereocenters. The third kappa shape index (κ3) is 22.4. The molecule has 39 heavy (non-hydrogen) atoms. The summed E-state index contributed by atoms with van der Waals surface area (Å²) in [5, 5.41) is 0. The number of hydrogen-bond donors (Lipinski definition) is 0. The lowest BCUT2D eigenvalue weighted by molar-refractivity contribution is 0.154. The van der Waals surface area contributed by atoms with Gasteiger partial charge in [0.15, 0.2) is 0 Å². The van der Waals surface area contributed by atoms with E-state index in [-0.39, 0.29) is 0 Å². The van der Waals surface area contributed by atoms with Gasteiger partial charge in [-0.1, -0.05) is 116 Å². The van der Waals surface area contributed by atoms with Crippen LogP contribution in [0.5, 0.6) is 0 Å². The predicted molar refractivity (Wildman–Crippen MR) is 175 cm³/mol. The van der Waals surface area contributed by atoms with Gasteiger partial charge in [-0.15, -0.1) is 0 Å². The predicted octanol–water partition coefficient (Wildman–Crippen LogP) is 11.7. The van der Waals surface area contributed by atoms with Gasteiger partial charge in [-0.3, -0.25) is 0 Å². The molecule has 0 aromatic carbocycles. The van der Waals surface area contributed by atoms with Crippen molar-refractivity contribution in [3.05, 3.63) is 36.1 Å². The Morgan fingerprint density at radius 2 is 1.46 bits per heavy atom. The molecule has 0 saturated carbocycles. The first-order valence-corrected chi connectivity index (χ1v) is 17.4. The summed E-state index contributed by atoms with van der Waals surface area (Å²) in [6.07, 6.45) is 36.8. The molecule has 1 heterocycles. The zero-order valence-electron chi connectivity index (χ0n) is 27.2. The first kappa shape index (κ1) is 36.0. The minimum absolute atomic E-state index is 0.667. The van der Waals surface area contributed by atoms with Crippen LogP contribution in [0.15, 0.2) is 36.1 Å². The zero-order valence-corrected chi connectivity index (χ0v) is 27.2. The van der Waals surface area contributed by atoms with E-state index in [4.69, 9.17) is 4.74 Å². The SMILES string of the molecule is CCCCCCCCC/C=C(\CCCC/C=C/C=C/OCC(CCCC(C)C)C(C)C)CCN1CCCCC1. The van der Waals surface area contributed by atoms with Crippen LogP contribution in [-0.2, 0) is 4.74 Å². The molecule has 0 amide bonds. The van der Waals surface area contributed by atoms with Crippen molar-refractivity contribution in [3.63, 3.8) is 0 Å². The Bertz CT molecular complexity index is 611. The standard InChI is InChI=1S/C37H69NO/c1-6-7-8-9-10-11-14-18-25-36(28-31-38-29-20-17-21-30-38)26-19-15-12-13-16-22-32-39-33-37(35(4)5)27-23-24-34(2)3/h13,16,22,25,32,34-35,37H,6-12,14-15,17-21,23-24,26-31,33H2,1-5H3/b16-13+,32-22+,36-25+. The van der Waals surface area contributed by atoms with Gasteiger partial charge in [0, 0.05) is 6.54 Å². The summed E-state index contributed by atoms with van der Waals surface area (Å²) < 4.78 is 5.89. The molecule has 0 spiro atoms. The van der Waals surface area contributed by atoms with Crippen molar-refractivity contribution in [1.29, 1.82) is 0 Å². The summed E-state index contributed by atoms with van der Waals surface area (Å²) in [6, 6.07) is 0. The van der Waals surface area contributed by atoms with Crippen molar-refractivity contribution in [2.24, 2.45) is 17.8 Å². The fourth-order valence-corrected chi connectivity index (χ4v) is 5.69. The number of likely N-dealkylation sites (tertiary alicyclic amines) is 1. The summed E-state index contributed by atoms with van der Waals surface area (Å²) in [4.78, 5) is 2.71. The maximum atomic E-state index is 5.89. The second kappa shape index (κ2) is 25.9. The molecule has 1 saturated heterocycles. The number of rotatable bonds is 25. The minimum atomic E-state index is 0.667. The first-order valence-electron chi connectivity index (χ1n) is 17.4. The number of allylic oxidation sites excluding steroid dienone is 4. The van der Waals surface area contributed by atoms with E-state index in [1.807, 2.05) is 6.26 Å². The van der Waals surface area contributed by atoms with Crippen molar-refractivity contribution in [2.45, 2.75) is 157 Å². The summed E-state index contributed by atoms with van der Waals surface area (Å²) in [7, 11) is 0. The Labute approximate surface area is 246 Å². The van der Waals surface area contributed by atoms with Crippen LogP contribution in [0.4, 0.5) is 0 Å². The lowest BCUT2D eigenvalue weighted by atomic mass is 9.90. The number of nitrogens with zero attached hydrogens (tertiary/aromatic N) is 1. The molecule has 0 bridgehead atoms. The molecule has 0 aliphatic carbocycles. The Balaban J connectivity index is 2.26. The summed E-state index contributed by atoms with van der Waals surface area (Å²) >= 11 is 0. The molecule has 1 atom stereocenters. The quantitative estimate of drug-likeness (QED) is 0.0491. The van der Waals surface area contributed by atoms with Crippen molar-refractivity contribution in [2.75, 3.05) is 26.2 Å². The summed E-state index contributed by atoms with van der Waals surface area (Å²) in [5.74, 6) is 2.16. The van der Waals surface area contributed by atoms with Gasteiger partial charge in [0.05, 0.1) is 12.9 Å². The highest BCUT2D eigenvalue weighted by molar-refractivity contribution is 5.03. The van der Waals surface area contributed by atoms with Gasteiger partial charge in [0.2, 0.25) is 0 Å². The fourth-order valence-electron chi connectivity index (χ4n) is 5.69. The lowest BCUT2D eigenvalue weighted by Crippen LogP contribution is -2.30. The summed E-state index contributed by atoms with van der Waals surface area (Å²) in [6.45, 7) is 16.4. The van der Waals surface area contributed by atoms with Crippen LogP contribution < -0.4 is 0 Å². The van der Waals surface area contributed by atoms with E-state index in [0.717, 1.165) is 12.5 Å². The maximum Gasteiger partial charge on any atom is 0.0903 e. The van der Waals surface area contributed by atoms with Crippen LogP contribution in [0, 0.1) is 17.8 Å². The second-order valence-corrected chi connectivity index (χ2v) is 13.1. The van der Waals surface area contributed by atoms with E-state index in [0.29, 0.717) is 11.8 Å². The van der Waals surface area contributed by atoms with Crippen LogP contribution in [-0.4, -0.2) is 31.1 Å². The van der Waals surface area contributed by atoms with Crippen LogP contribution in [0.2, 0.25) is 0 Å². The number of hydrogen-bond acceptors (Lipinski definition) is 2. The van der Waals surface area contributed by atoms with Gasteiger partial charge in [-0.05, 0) is 101 Å². The molecule has 0 aromatic rings. The highest BCUT2D eigenvalue weighted by Gasteiger charge is 2.13. The van der Waals surface area contributed by atoms with Crippen molar-refractivity contribution in [3.8, 4) is 0 Å². The Kier molecular flexibility index (Phi) is 23.9. The van der Waals surface area contributed by atoms with Crippen LogP contribution >= 0.6 is 0 Å². The van der Waals surface area contributed by atoms with E-state index in [1.54, 1.807) is 5.57 Å². The van der Waals surface area contributed by atoms with Gasteiger partial charge in [-0.25, -0.2) is 0 Å². The largest absolute Gasteiger partial charge is 0.501 e. The molecule has 228 valence electrons. The third-order valence-electron chi connectivity index (χ3n) is 8.59. The van der Waals surface area contributed by atoms with E-state index >= 15 is 0 Å². The Morgan fingerprint density at radius 3 is 2.18 bits per heavy atom. The molecule has 0 aromatic heterocycles. The minimum Gasteiger partial charge on any atom is -0.501 e. The molecular formula is C37H69NO. The summed E-state index contributed by atoms with van der Waals surface area (Å²) in [5.41, 5.74) is 1.73. The van der Waals surface area contributed by atoms with Gasteiger partial charge in [-0.2, -0.15) is 0 Å². The Morgan fingerprint density at radius 1 is 0.744 bits per heavy atom.